The second kappa shape index (κ2) is 6.04. The molecule has 1 aromatic heterocycles. The van der Waals surface area contributed by atoms with Crippen molar-refractivity contribution in [3.8, 4) is 5.88 Å². The Labute approximate surface area is 134 Å². The Kier molecular flexibility index (Phi) is 4.62. The van der Waals surface area contributed by atoms with Gasteiger partial charge in [-0.15, -0.1) is 0 Å². The van der Waals surface area contributed by atoms with E-state index in [2.05, 4.69) is 48.5 Å². The zero-order chi connectivity index (χ0) is 14.0. The van der Waals surface area contributed by atoms with Gasteiger partial charge in [0.05, 0.1) is 24.7 Å². The van der Waals surface area contributed by atoms with Crippen LogP contribution in [0.15, 0.2) is 27.7 Å². The molecule has 2 rings (SSSR count). The lowest BCUT2D eigenvalue weighted by atomic mass is 10.2. The van der Waals surface area contributed by atoms with E-state index < -0.39 is 0 Å². The van der Waals surface area contributed by atoms with Gasteiger partial charge in [0.1, 0.15) is 0 Å². The number of methoxy groups -OCH3 is 1. The van der Waals surface area contributed by atoms with Crippen molar-refractivity contribution < 1.29 is 4.74 Å². The second-order valence-corrected chi connectivity index (χ2v) is 6.16. The summed E-state index contributed by atoms with van der Waals surface area (Å²) in [4.78, 5) is 10.9. The number of rotatable bonds is 3. The van der Waals surface area contributed by atoms with Crippen molar-refractivity contribution >= 4 is 61.4 Å². The molecule has 0 saturated heterocycles. The molecule has 0 unspecified atom stereocenters. The van der Waals surface area contributed by atoms with Gasteiger partial charge in [-0.25, -0.2) is 9.98 Å². The Balaban J connectivity index is 2.69. The lowest BCUT2D eigenvalue weighted by molar-refractivity contribution is 0.399. The van der Waals surface area contributed by atoms with Gasteiger partial charge in [-0.2, -0.15) is 0 Å². The Bertz CT molecular complexity index is 643. The number of aliphatic imine (C=N–C) groups is 1. The molecule has 100 valence electrons. The van der Waals surface area contributed by atoms with Crippen LogP contribution in [-0.2, 0) is 0 Å². The van der Waals surface area contributed by atoms with E-state index in [4.69, 9.17) is 4.74 Å². The molecule has 6 heteroatoms. The average molecular weight is 434 g/mol. The van der Waals surface area contributed by atoms with E-state index in [-0.39, 0.29) is 0 Å². The highest BCUT2D eigenvalue weighted by atomic mass is 127. The number of pyridine rings is 1. The van der Waals surface area contributed by atoms with Crippen molar-refractivity contribution in [3.05, 3.63) is 26.2 Å². The van der Waals surface area contributed by atoms with Crippen molar-refractivity contribution in [1.82, 2.24) is 9.88 Å². The van der Waals surface area contributed by atoms with E-state index in [1.807, 2.05) is 37.2 Å². The largest absolute Gasteiger partial charge is 0.481 e. The van der Waals surface area contributed by atoms with Crippen LogP contribution in [0.5, 0.6) is 5.88 Å². The fraction of sp³-hybridized carbons (Fsp3) is 0.231. The third-order valence-electron chi connectivity index (χ3n) is 2.46. The van der Waals surface area contributed by atoms with E-state index in [9.17, 15) is 0 Å². The van der Waals surface area contributed by atoms with Crippen LogP contribution in [-0.4, -0.2) is 37.4 Å². The maximum absolute atomic E-state index is 5.17. The Morgan fingerprint density at radius 3 is 2.79 bits per heavy atom. The first kappa shape index (κ1) is 14.5. The first-order valence-corrected chi connectivity index (χ1v) is 7.43. The number of hydrogen-bond acceptors (Lipinski definition) is 3. The maximum atomic E-state index is 5.17. The van der Waals surface area contributed by atoms with Gasteiger partial charge in [-0.05, 0) is 50.7 Å². The molecule has 0 spiro atoms. The fourth-order valence-corrected chi connectivity index (χ4v) is 3.31. The van der Waals surface area contributed by atoms with Crippen LogP contribution < -0.4 is 4.74 Å². The van der Waals surface area contributed by atoms with Gasteiger partial charge >= 0.3 is 0 Å². The summed E-state index contributed by atoms with van der Waals surface area (Å²) >= 11 is 5.82. The Hall–Kier alpha value is -0.890. The number of nitrogens with zero attached hydrogens (tertiary/aromatic N) is 3. The lowest BCUT2D eigenvalue weighted by Gasteiger charge is -2.09. The summed E-state index contributed by atoms with van der Waals surface area (Å²) in [5.41, 5.74) is 1.77. The quantitative estimate of drug-likeness (QED) is 0.419. The van der Waals surface area contributed by atoms with Gasteiger partial charge in [0.15, 0.2) is 0 Å². The number of ether oxygens (including phenoxy) is 1. The van der Waals surface area contributed by atoms with E-state index in [1.165, 1.54) is 0 Å². The molecule has 19 heavy (non-hydrogen) atoms. The summed E-state index contributed by atoms with van der Waals surface area (Å²) in [6.07, 6.45) is 1.79. The van der Waals surface area contributed by atoms with Crippen molar-refractivity contribution in [2.24, 2.45) is 4.99 Å². The van der Waals surface area contributed by atoms with Gasteiger partial charge in [0.25, 0.3) is 0 Å². The molecule has 0 fully saturated rings. The zero-order valence-corrected chi connectivity index (χ0v) is 14.6. The normalized spacial score (nSPS) is 11.2. The number of hydrogen-bond donors (Lipinski definition) is 0. The Morgan fingerprint density at radius 2 is 2.16 bits per heavy atom. The van der Waals surface area contributed by atoms with Crippen molar-refractivity contribution in [3.63, 3.8) is 0 Å². The van der Waals surface area contributed by atoms with E-state index in [0.29, 0.717) is 5.88 Å². The third-order valence-corrected chi connectivity index (χ3v) is 3.88. The molecule has 0 atom stereocenters. The maximum Gasteiger partial charge on any atom is 0.213 e. The van der Waals surface area contributed by atoms with Crippen LogP contribution in [0.4, 0.5) is 5.69 Å². The van der Waals surface area contributed by atoms with Crippen molar-refractivity contribution in [2.45, 2.75) is 0 Å². The molecule has 0 amide bonds. The van der Waals surface area contributed by atoms with Crippen LogP contribution in [0, 0.1) is 3.57 Å². The van der Waals surface area contributed by atoms with Crippen LogP contribution in [0.1, 0.15) is 0 Å². The van der Waals surface area contributed by atoms with Crippen LogP contribution in [0.3, 0.4) is 0 Å². The molecule has 0 aliphatic heterocycles. The minimum Gasteiger partial charge on any atom is -0.481 e. The monoisotopic (exact) mass is 433 g/mol. The summed E-state index contributed by atoms with van der Waals surface area (Å²) in [5, 5.41) is 0.998. The molecule has 0 saturated carbocycles. The lowest BCUT2D eigenvalue weighted by Crippen LogP contribution is -2.07. The van der Waals surface area contributed by atoms with Crippen molar-refractivity contribution in [2.75, 3.05) is 21.2 Å². The zero-order valence-electron chi connectivity index (χ0n) is 10.8. The molecule has 0 N–H and O–H groups in total. The molecule has 0 aliphatic carbocycles. The smallest absolute Gasteiger partial charge is 0.213 e. The molecule has 0 bridgehead atoms. The highest BCUT2D eigenvalue weighted by Gasteiger charge is 2.11. The third kappa shape index (κ3) is 3.17. The topological polar surface area (TPSA) is 37.7 Å². The number of aromatic nitrogens is 1. The summed E-state index contributed by atoms with van der Waals surface area (Å²) in [6, 6.07) is 5.84. The van der Waals surface area contributed by atoms with E-state index in [0.717, 1.165) is 24.6 Å². The minimum absolute atomic E-state index is 0.594. The number of benzene rings is 1. The SMILES string of the molecule is COc1ccc2c(N=CN(C)C)c(I)cc(Br)c2n1. The first-order valence-electron chi connectivity index (χ1n) is 5.56. The van der Waals surface area contributed by atoms with Crippen LogP contribution in [0.25, 0.3) is 10.9 Å². The molecule has 1 heterocycles. The summed E-state index contributed by atoms with van der Waals surface area (Å²) in [5.74, 6) is 0.594. The van der Waals surface area contributed by atoms with Gasteiger partial charge < -0.3 is 9.64 Å². The van der Waals surface area contributed by atoms with Gasteiger partial charge in [0.2, 0.25) is 5.88 Å². The molecule has 4 nitrogen and oxygen atoms in total. The molecule has 0 aliphatic rings. The summed E-state index contributed by atoms with van der Waals surface area (Å²) < 4.78 is 7.18. The summed E-state index contributed by atoms with van der Waals surface area (Å²) in [6.45, 7) is 0. The predicted octanol–water partition coefficient (Wildman–Crippen LogP) is 3.83. The Morgan fingerprint density at radius 1 is 1.42 bits per heavy atom. The first-order chi connectivity index (χ1) is 9.02. The predicted molar refractivity (Wildman–Crippen MR) is 90.6 cm³/mol. The summed E-state index contributed by atoms with van der Waals surface area (Å²) in [7, 11) is 5.50. The van der Waals surface area contributed by atoms with Gasteiger partial charge in [-0.1, -0.05) is 0 Å². The van der Waals surface area contributed by atoms with Crippen LogP contribution in [0.2, 0.25) is 0 Å². The van der Waals surface area contributed by atoms with Gasteiger partial charge in [-0.3, -0.25) is 0 Å². The molecular weight excluding hydrogens is 421 g/mol. The second-order valence-electron chi connectivity index (χ2n) is 4.15. The molecule has 2 aromatic rings. The van der Waals surface area contributed by atoms with Crippen molar-refractivity contribution in [1.29, 1.82) is 0 Å². The van der Waals surface area contributed by atoms with E-state index >= 15 is 0 Å². The number of halogens is 2. The minimum atomic E-state index is 0.594. The van der Waals surface area contributed by atoms with E-state index in [1.54, 1.807) is 13.4 Å². The van der Waals surface area contributed by atoms with Crippen LogP contribution >= 0.6 is 38.5 Å². The molecular formula is C13H13BrIN3O. The fourth-order valence-electron chi connectivity index (χ4n) is 1.61. The highest BCUT2D eigenvalue weighted by Crippen LogP contribution is 2.36. The molecule has 0 radical (unpaired) electrons. The average Bonchev–Trinajstić information content (AvgIpc) is 2.37. The molecule has 1 aromatic carbocycles. The highest BCUT2D eigenvalue weighted by molar-refractivity contribution is 14.1. The van der Waals surface area contributed by atoms with Gasteiger partial charge in [0, 0.05) is 33.6 Å². The number of fused-ring (bicyclic) bond motifs is 1. The standard InChI is InChI=1S/C13H13BrIN3O/c1-18(2)7-16-13-8-4-5-11(19-3)17-12(8)9(14)6-10(13)15/h4-7H,1-3H3.